The van der Waals surface area contributed by atoms with Crippen LogP contribution in [0, 0.1) is 11.7 Å². The molecule has 0 saturated heterocycles. The molecule has 3 heteroatoms. The highest BCUT2D eigenvalue weighted by atomic mass is 19.1. The van der Waals surface area contributed by atoms with Gasteiger partial charge in [0.15, 0.2) is 0 Å². The van der Waals surface area contributed by atoms with Crippen molar-refractivity contribution >= 4 is 0 Å². The van der Waals surface area contributed by atoms with E-state index in [0.29, 0.717) is 11.7 Å². The molecule has 19 heavy (non-hydrogen) atoms. The summed E-state index contributed by atoms with van der Waals surface area (Å²) < 4.78 is 19.3. The van der Waals surface area contributed by atoms with Crippen molar-refractivity contribution in [3.05, 3.63) is 29.6 Å². The summed E-state index contributed by atoms with van der Waals surface area (Å²) in [7, 11) is 1.56. The molecule has 0 bridgehead atoms. The minimum Gasteiger partial charge on any atom is -0.497 e. The fourth-order valence-electron chi connectivity index (χ4n) is 2.43. The quantitative estimate of drug-likeness (QED) is 0.757. The zero-order valence-corrected chi connectivity index (χ0v) is 12.5. The number of hydrogen-bond donors (Lipinski definition) is 1. The Bertz CT molecular complexity index is 381. The third-order valence-electron chi connectivity index (χ3n) is 3.47. The van der Waals surface area contributed by atoms with Crippen molar-refractivity contribution in [3.8, 4) is 5.75 Å². The third kappa shape index (κ3) is 4.50. The summed E-state index contributed by atoms with van der Waals surface area (Å²) in [6.07, 6.45) is 3.25. The number of nitrogens with one attached hydrogen (secondary N) is 1. The van der Waals surface area contributed by atoms with Crippen molar-refractivity contribution in [3.63, 3.8) is 0 Å². The lowest BCUT2D eigenvalue weighted by atomic mass is 9.90. The van der Waals surface area contributed by atoms with E-state index in [1.165, 1.54) is 6.07 Å². The summed E-state index contributed by atoms with van der Waals surface area (Å²) in [6.45, 7) is 7.38. The Labute approximate surface area is 116 Å². The monoisotopic (exact) mass is 267 g/mol. The fraction of sp³-hybridized carbons (Fsp3) is 0.625. The largest absolute Gasteiger partial charge is 0.497 e. The topological polar surface area (TPSA) is 21.3 Å². The molecular formula is C16H26FNO. The summed E-state index contributed by atoms with van der Waals surface area (Å²) in [5.74, 6) is 0.800. The van der Waals surface area contributed by atoms with E-state index in [1.807, 2.05) is 12.1 Å². The molecule has 108 valence electrons. The zero-order valence-electron chi connectivity index (χ0n) is 12.5. The molecule has 2 unspecified atom stereocenters. The first kappa shape index (κ1) is 16.0. The minimum absolute atomic E-state index is 0.0748. The molecule has 0 amide bonds. The Morgan fingerprint density at radius 1 is 1.26 bits per heavy atom. The average Bonchev–Trinajstić information content (AvgIpc) is 2.40. The van der Waals surface area contributed by atoms with Crippen molar-refractivity contribution in [2.45, 2.75) is 46.1 Å². The zero-order chi connectivity index (χ0) is 14.3. The molecule has 0 saturated carbocycles. The van der Waals surface area contributed by atoms with Crippen LogP contribution in [0.2, 0.25) is 0 Å². The van der Waals surface area contributed by atoms with Gasteiger partial charge in [0.2, 0.25) is 0 Å². The van der Waals surface area contributed by atoms with E-state index in [0.717, 1.165) is 31.4 Å². The van der Waals surface area contributed by atoms with Gasteiger partial charge >= 0.3 is 0 Å². The van der Waals surface area contributed by atoms with Gasteiger partial charge in [-0.2, -0.15) is 0 Å². The van der Waals surface area contributed by atoms with Gasteiger partial charge in [0.1, 0.15) is 11.6 Å². The second-order valence-electron chi connectivity index (χ2n) is 5.09. The lowest BCUT2D eigenvalue weighted by Gasteiger charge is -2.26. The van der Waals surface area contributed by atoms with E-state index in [9.17, 15) is 4.39 Å². The number of ether oxygens (including phenoxy) is 1. The maximum atomic E-state index is 14.2. The number of benzene rings is 1. The molecule has 0 radical (unpaired) electrons. The Morgan fingerprint density at radius 2 is 2.00 bits per heavy atom. The molecule has 0 aliphatic rings. The van der Waals surface area contributed by atoms with Crippen molar-refractivity contribution in [1.29, 1.82) is 0 Å². The van der Waals surface area contributed by atoms with Gasteiger partial charge in [-0.25, -0.2) is 4.39 Å². The maximum Gasteiger partial charge on any atom is 0.131 e. The molecule has 0 fully saturated rings. The van der Waals surface area contributed by atoms with Crippen molar-refractivity contribution < 1.29 is 9.13 Å². The lowest BCUT2D eigenvalue weighted by molar-refractivity contribution is 0.351. The molecule has 2 nitrogen and oxygen atoms in total. The Morgan fingerprint density at radius 3 is 2.53 bits per heavy atom. The number of methoxy groups -OCH3 is 1. The van der Waals surface area contributed by atoms with E-state index >= 15 is 0 Å². The number of halogens is 1. The molecule has 1 rings (SSSR count). The molecule has 0 aliphatic carbocycles. The lowest BCUT2D eigenvalue weighted by Crippen LogP contribution is -2.28. The Kier molecular flexibility index (Phi) is 6.85. The predicted molar refractivity (Wildman–Crippen MR) is 78.1 cm³/mol. The SMILES string of the molecule is CCCNC(c1ccc(OC)cc1F)C(C)CCC. The molecule has 0 aliphatic heterocycles. The van der Waals surface area contributed by atoms with Gasteiger partial charge in [-0.15, -0.1) is 0 Å². The molecule has 2 atom stereocenters. The van der Waals surface area contributed by atoms with Crippen LogP contribution in [0.4, 0.5) is 4.39 Å². The summed E-state index contributed by atoms with van der Waals surface area (Å²) in [6, 6.07) is 5.21. The van der Waals surface area contributed by atoms with Crippen LogP contribution in [0.3, 0.4) is 0 Å². The van der Waals surface area contributed by atoms with E-state index in [1.54, 1.807) is 7.11 Å². The van der Waals surface area contributed by atoms with Gasteiger partial charge in [-0.3, -0.25) is 0 Å². The van der Waals surface area contributed by atoms with Crippen LogP contribution in [-0.2, 0) is 0 Å². The van der Waals surface area contributed by atoms with Crippen LogP contribution in [-0.4, -0.2) is 13.7 Å². The normalized spacial score (nSPS) is 14.2. The second kappa shape index (κ2) is 8.16. The van der Waals surface area contributed by atoms with Crippen LogP contribution in [0.1, 0.15) is 51.6 Å². The van der Waals surface area contributed by atoms with E-state index in [-0.39, 0.29) is 11.9 Å². The first-order chi connectivity index (χ1) is 9.13. The fourth-order valence-corrected chi connectivity index (χ4v) is 2.43. The molecule has 1 N–H and O–H groups in total. The van der Waals surface area contributed by atoms with Crippen LogP contribution in [0.25, 0.3) is 0 Å². The first-order valence-electron chi connectivity index (χ1n) is 7.20. The van der Waals surface area contributed by atoms with Gasteiger partial charge < -0.3 is 10.1 Å². The molecular weight excluding hydrogens is 241 g/mol. The number of hydrogen-bond acceptors (Lipinski definition) is 2. The van der Waals surface area contributed by atoms with Gasteiger partial charge in [-0.1, -0.05) is 33.3 Å². The van der Waals surface area contributed by atoms with E-state index < -0.39 is 0 Å². The van der Waals surface area contributed by atoms with E-state index in [4.69, 9.17) is 4.74 Å². The minimum atomic E-state index is -0.184. The summed E-state index contributed by atoms with van der Waals surface area (Å²) >= 11 is 0. The van der Waals surface area contributed by atoms with Gasteiger partial charge in [0.05, 0.1) is 7.11 Å². The van der Waals surface area contributed by atoms with Crippen LogP contribution in [0.5, 0.6) is 5.75 Å². The maximum absolute atomic E-state index is 14.2. The standard InChI is InChI=1S/C16H26FNO/c1-5-7-12(3)16(18-10-6-2)14-9-8-13(19-4)11-15(14)17/h8-9,11-12,16,18H,5-7,10H2,1-4H3. The predicted octanol–water partition coefficient (Wildman–Crippen LogP) is 4.31. The van der Waals surface area contributed by atoms with Gasteiger partial charge in [0.25, 0.3) is 0 Å². The van der Waals surface area contributed by atoms with Crippen LogP contribution in [0.15, 0.2) is 18.2 Å². The van der Waals surface area contributed by atoms with Crippen molar-refractivity contribution in [2.75, 3.05) is 13.7 Å². The first-order valence-corrected chi connectivity index (χ1v) is 7.20. The van der Waals surface area contributed by atoms with Crippen LogP contribution >= 0.6 is 0 Å². The molecule has 0 heterocycles. The van der Waals surface area contributed by atoms with Crippen molar-refractivity contribution in [1.82, 2.24) is 5.32 Å². The molecule has 1 aromatic rings. The molecule has 0 spiro atoms. The van der Waals surface area contributed by atoms with E-state index in [2.05, 4.69) is 26.1 Å². The van der Waals surface area contributed by atoms with Crippen LogP contribution < -0.4 is 10.1 Å². The van der Waals surface area contributed by atoms with Gasteiger partial charge in [-0.05, 0) is 31.4 Å². The van der Waals surface area contributed by atoms with Gasteiger partial charge in [0, 0.05) is 17.7 Å². The summed E-state index contributed by atoms with van der Waals surface area (Å²) in [5.41, 5.74) is 0.746. The number of rotatable bonds is 8. The highest BCUT2D eigenvalue weighted by Gasteiger charge is 2.21. The average molecular weight is 267 g/mol. The van der Waals surface area contributed by atoms with Crippen molar-refractivity contribution in [2.24, 2.45) is 5.92 Å². The Balaban J connectivity index is 2.95. The third-order valence-corrected chi connectivity index (χ3v) is 3.47. The Hall–Kier alpha value is -1.09. The highest BCUT2D eigenvalue weighted by molar-refractivity contribution is 5.31. The summed E-state index contributed by atoms with van der Waals surface area (Å²) in [5, 5.41) is 3.47. The smallest absolute Gasteiger partial charge is 0.131 e. The molecule has 0 aromatic heterocycles. The highest BCUT2D eigenvalue weighted by Crippen LogP contribution is 2.29. The molecule has 1 aromatic carbocycles. The summed E-state index contributed by atoms with van der Waals surface area (Å²) in [4.78, 5) is 0. The second-order valence-corrected chi connectivity index (χ2v) is 5.09.